The Morgan fingerprint density at radius 1 is 0.700 bits per heavy atom. The van der Waals surface area contributed by atoms with Crippen molar-refractivity contribution in [1.82, 2.24) is 0 Å². The van der Waals surface area contributed by atoms with Gasteiger partial charge in [0.2, 0.25) is 0 Å². The summed E-state index contributed by atoms with van der Waals surface area (Å²) >= 11 is 0. The summed E-state index contributed by atoms with van der Waals surface area (Å²) in [5.41, 5.74) is 0.0261. The molecule has 30 heavy (non-hydrogen) atoms. The van der Waals surface area contributed by atoms with Gasteiger partial charge in [-0.25, -0.2) is 0 Å². The Morgan fingerprint density at radius 3 is 1.53 bits per heavy atom. The first kappa shape index (κ1) is 22.9. The molecule has 0 aliphatic rings. The topological polar surface area (TPSA) is 120 Å². The highest BCUT2D eigenvalue weighted by Crippen LogP contribution is 2.37. The molecule has 0 aliphatic carbocycles. The molecule has 0 N–H and O–H groups in total. The number of non-ortho nitro benzene ring substituents is 2. The number of hydrogen-bond acceptors (Lipinski definition) is 6. The minimum atomic E-state index is -1.05. The molecule has 2 aromatic carbocycles. The number of nitrogens with zero attached hydrogens (tertiary/aromatic N) is 2. The zero-order valence-electron chi connectivity index (χ0n) is 16.6. The number of carbonyl (C=O) groups excluding carboxylic acids is 2. The second-order valence-electron chi connectivity index (χ2n) is 7.17. The van der Waals surface area contributed by atoms with Crippen molar-refractivity contribution in [2.24, 2.45) is 0 Å². The molecule has 0 fully saturated rings. The van der Waals surface area contributed by atoms with Gasteiger partial charge < -0.3 is 9.59 Å². The molecular weight excluding hydrogens is 388 g/mol. The van der Waals surface area contributed by atoms with E-state index >= 15 is 0 Å². The molecule has 0 bridgehead atoms. The van der Waals surface area contributed by atoms with Crippen LogP contribution in [0.5, 0.6) is 0 Å². The maximum absolute atomic E-state index is 12.4. The van der Waals surface area contributed by atoms with E-state index in [1.54, 1.807) is 24.3 Å². The second-order valence-corrected chi connectivity index (χ2v) is 7.17. The molecule has 8 heteroatoms. The van der Waals surface area contributed by atoms with Gasteiger partial charge in [-0.05, 0) is 24.0 Å². The van der Waals surface area contributed by atoms with E-state index in [1.165, 1.54) is 24.3 Å². The molecule has 0 amide bonds. The van der Waals surface area contributed by atoms with Gasteiger partial charge in [0.25, 0.3) is 11.4 Å². The molecule has 158 valence electrons. The van der Waals surface area contributed by atoms with Gasteiger partial charge in [0.05, 0.1) is 15.3 Å². The molecule has 0 radical (unpaired) electrons. The third kappa shape index (κ3) is 5.56. The molecule has 0 spiro atoms. The fraction of sp³-hybridized carbons (Fsp3) is 0.364. The van der Waals surface area contributed by atoms with Crippen LogP contribution in [-0.4, -0.2) is 22.4 Å². The van der Waals surface area contributed by atoms with E-state index in [0.717, 1.165) is 44.7 Å². The minimum absolute atomic E-state index is 0.0718. The lowest BCUT2D eigenvalue weighted by Crippen LogP contribution is -2.29. The van der Waals surface area contributed by atoms with E-state index in [1.807, 2.05) is 0 Å². The number of carbonyl (C=O) groups is 2. The van der Waals surface area contributed by atoms with Gasteiger partial charge in [-0.2, -0.15) is 0 Å². The summed E-state index contributed by atoms with van der Waals surface area (Å²) in [7, 11) is 0. The standard InChI is InChI=1S/C22H24N2O6/c25-16-6-4-2-1-3-5-15-22(17-26,18-7-11-20(12-8-18)23(27)28)19-9-13-21(14-10-19)24(29)30/h7-14,16-17H,1-6,15H2. The number of rotatable bonds is 13. The van der Waals surface area contributed by atoms with E-state index in [-0.39, 0.29) is 11.4 Å². The van der Waals surface area contributed by atoms with Crippen molar-refractivity contribution in [3.05, 3.63) is 79.9 Å². The van der Waals surface area contributed by atoms with Crippen molar-refractivity contribution >= 4 is 23.9 Å². The van der Waals surface area contributed by atoms with Crippen molar-refractivity contribution < 1.29 is 19.4 Å². The summed E-state index contributed by atoms with van der Waals surface area (Å²) in [4.78, 5) is 43.7. The maximum Gasteiger partial charge on any atom is 0.269 e. The largest absolute Gasteiger partial charge is 0.303 e. The zero-order valence-corrected chi connectivity index (χ0v) is 16.6. The van der Waals surface area contributed by atoms with Gasteiger partial charge in [0.15, 0.2) is 0 Å². The summed E-state index contributed by atoms with van der Waals surface area (Å²) < 4.78 is 0. The predicted octanol–water partition coefficient (Wildman–Crippen LogP) is 4.92. The molecule has 2 rings (SSSR count). The fourth-order valence-corrected chi connectivity index (χ4v) is 3.57. The van der Waals surface area contributed by atoms with Gasteiger partial charge in [0, 0.05) is 30.7 Å². The van der Waals surface area contributed by atoms with Crippen LogP contribution in [0.2, 0.25) is 0 Å². The summed E-state index contributed by atoms with van der Waals surface area (Å²) in [6.45, 7) is 0. The fourth-order valence-electron chi connectivity index (χ4n) is 3.57. The Bertz CT molecular complexity index is 820. The summed E-state index contributed by atoms with van der Waals surface area (Å²) in [6.07, 6.45) is 7.05. The number of benzene rings is 2. The van der Waals surface area contributed by atoms with E-state index in [4.69, 9.17) is 0 Å². The predicted molar refractivity (Wildman–Crippen MR) is 111 cm³/mol. The Labute approximate surface area is 174 Å². The summed E-state index contributed by atoms with van der Waals surface area (Å²) in [5, 5.41) is 21.9. The number of hydrogen-bond donors (Lipinski definition) is 0. The number of nitro groups is 2. The molecule has 0 aromatic heterocycles. The Kier molecular flexibility index (Phi) is 8.34. The first-order valence-corrected chi connectivity index (χ1v) is 9.84. The van der Waals surface area contributed by atoms with E-state index in [2.05, 4.69) is 0 Å². The van der Waals surface area contributed by atoms with Crippen molar-refractivity contribution in [3.8, 4) is 0 Å². The van der Waals surface area contributed by atoms with Gasteiger partial charge >= 0.3 is 0 Å². The molecule has 2 aromatic rings. The van der Waals surface area contributed by atoms with Crippen LogP contribution in [0.15, 0.2) is 48.5 Å². The SMILES string of the molecule is O=CCCCCCCCC(C=O)(c1ccc([N+](=O)[O-])cc1)c1ccc([N+](=O)[O-])cc1. The number of unbranched alkanes of at least 4 members (excludes halogenated alkanes) is 5. The van der Waals surface area contributed by atoms with Gasteiger partial charge in [-0.15, -0.1) is 0 Å². The highest BCUT2D eigenvalue weighted by Gasteiger charge is 2.34. The van der Waals surface area contributed by atoms with E-state index in [0.29, 0.717) is 24.0 Å². The minimum Gasteiger partial charge on any atom is -0.303 e. The van der Waals surface area contributed by atoms with Crippen LogP contribution >= 0.6 is 0 Å². The molecule has 0 atom stereocenters. The van der Waals surface area contributed by atoms with Crippen LogP contribution in [0, 0.1) is 20.2 Å². The lowest BCUT2D eigenvalue weighted by Gasteiger charge is -2.29. The van der Waals surface area contributed by atoms with Crippen molar-refractivity contribution in [1.29, 1.82) is 0 Å². The molecule has 0 saturated carbocycles. The first-order valence-electron chi connectivity index (χ1n) is 9.84. The Morgan fingerprint density at radius 2 is 1.13 bits per heavy atom. The van der Waals surface area contributed by atoms with E-state index in [9.17, 15) is 29.8 Å². The molecule has 0 aliphatic heterocycles. The second kappa shape index (κ2) is 10.9. The zero-order chi connectivity index (χ0) is 22.0. The van der Waals surface area contributed by atoms with Crippen molar-refractivity contribution in [2.45, 2.75) is 50.4 Å². The molecule has 8 nitrogen and oxygen atoms in total. The van der Waals surface area contributed by atoms with Crippen LogP contribution in [0.4, 0.5) is 11.4 Å². The van der Waals surface area contributed by atoms with Crippen LogP contribution in [0.3, 0.4) is 0 Å². The highest BCUT2D eigenvalue weighted by molar-refractivity contribution is 5.75. The smallest absolute Gasteiger partial charge is 0.269 e. The van der Waals surface area contributed by atoms with E-state index < -0.39 is 15.3 Å². The molecule has 0 saturated heterocycles. The molecule has 0 heterocycles. The van der Waals surface area contributed by atoms with Gasteiger partial charge in [-0.1, -0.05) is 49.9 Å². The average Bonchev–Trinajstić information content (AvgIpc) is 2.76. The first-order chi connectivity index (χ1) is 14.4. The van der Waals surface area contributed by atoms with Gasteiger partial charge in [-0.3, -0.25) is 20.2 Å². The number of aldehydes is 2. The third-order valence-corrected chi connectivity index (χ3v) is 5.28. The average molecular weight is 412 g/mol. The lowest BCUT2D eigenvalue weighted by atomic mass is 9.72. The highest BCUT2D eigenvalue weighted by atomic mass is 16.6. The van der Waals surface area contributed by atoms with Crippen LogP contribution < -0.4 is 0 Å². The van der Waals surface area contributed by atoms with Crippen molar-refractivity contribution in [3.63, 3.8) is 0 Å². The third-order valence-electron chi connectivity index (χ3n) is 5.28. The van der Waals surface area contributed by atoms with Crippen molar-refractivity contribution in [2.75, 3.05) is 0 Å². The number of nitro benzene ring substituents is 2. The maximum atomic E-state index is 12.4. The van der Waals surface area contributed by atoms with Crippen LogP contribution in [-0.2, 0) is 15.0 Å². The quantitative estimate of drug-likeness (QED) is 0.199. The normalized spacial score (nSPS) is 11.1. The molecule has 0 unspecified atom stereocenters. The Balaban J connectivity index is 2.29. The Hall–Kier alpha value is -3.42. The monoisotopic (exact) mass is 412 g/mol. The van der Waals surface area contributed by atoms with Gasteiger partial charge in [0.1, 0.15) is 12.6 Å². The van der Waals surface area contributed by atoms with Crippen LogP contribution in [0.1, 0.15) is 56.1 Å². The molecular formula is C22H24N2O6. The summed E-state index contributed by atoms with van der Waals surface area (Å²) in [6, 6.07) is 11.7. The summed E-state index contributed by atoms with van der Waals surface area (Å²) in [5.74, 6) is 0. The van der Waals surface area contributed by atoms with Crippen LogP contribution in [0.25, 0.3) is 0 Å². The lowest BCUT2D eigenvalue weighted by molar-refractivity contribution is -0.385.